The lowest BCUT2D eigenvalue weighted by Gasteiger charge is -2.24. The van der Waals surface area contributed by atoms with Crippen molar-refractivity contribution in [3.05, 3.63) is 51.8 Å². The molecule has 3 aromatic rings. The van der Waals surface area contributed by atoms with Crippen LogP contribution in [0.4, 0.5) is 5.82 Å². The van der Waals surface area contributed by atoms with Crippen LogP contribution in [0.3, 0.4) is 0 Å². The fraction of sp³-hybridized carbons (Fsp3) is 0.364. The average Bonchev–Trinajstić information content (AvgIpc) is 2.62. The van der Waals surface area contributed by atoms with Crippen molar-refractivity contribution in [2.45, 2.75) is 40.5 Å². The first-order valence-electron chi connectivity index (χ1n) is 9.44. The van der Waals surface area contributed by atoms with E-state index in [0.717, 1.165) is 70.2 Å². The highest BCUT2D eigenvalue weighted by molar-refractivity contribution is 6.32. The molecule has 0 fully saturated rings. The zero-order valence-corrected chi connectivity index (χ0v) is 17.8. The van der Waals surface area contributed by atoms with Crippen LogP contribution in [0.15, 0.2) is 30.3 Å². The third-order valence-electron chi connectivity index (χ3n) is 4.80. The molecule has 0 spiro atoms. The zero-order chi connectivity index (χ0) is 19.6. The predicted octanol–water partition coefficient (Wildman–Crippen LogP) is 6.85. The summed E-state index contributed by atoms with van der Waals surface area (Å²) in [6.07, 6.45) is 2.27. The summed E-state index contributed by atoms with van der Waals surface area (Å²) in [5.74, 6) is 1.73. The Morgan fingerprint density at radius 1 is 0.926 bits per heavy atom. The van der Waals surface area contributed by atoms with Gasteiger partial charge in [-0.3, -0.25) is 0 Å². The summed E-state index contributed by atoms with van der Waals surface area (Å²) in [7, 11) is 0. The largest absolute Gasteiger partial charge is 0.356 e. The highest BCUT2D eigenvalue weighted by Gasteiger charge is 2.17. The molecule has 1 aromatic heterocycles. The van der Waals surface area contributed by atoms with Crippen LogP contribution in [0, 0.1) is 13.8 Å². The Morgan fingerprint density at radius 3 is 2.37 bits per heavy atom. The number of anilines is 1. The van der Waals surface area contributed by atoms with Gasteiger partial charge in [0.25, 0.3) is 0 Å². The van der Waals surface area contributed by atoms with Crippen LogP contribution in [0.2, 0.25) is 10.0 Å². The van der Waals surface area contributed by atoms with Gasteiger partial charge in [-0.05, 0) is 62.6 Å². The average molecular weight is 402 g/mol. The normalized spacial score (nSPS) is 11.2. The summed E-state index contributed by atoms with van der Waals surface area (Å²) in [6, 6.07) is 9.88. The van der Waals surface area contributed by atoms with Crippen molar-refractivity contribution in [3.8, 4) is 11.1 Å². The molecular formula is C22H25Cl2N3. The van der Waals surface area contributed by atoms with E-state index in [9.17, 15) is 0 Å². The molecule has 0 aliphatic rings. The molecule has 3 rings (SSSR count). The minimum absolute atomic E-state index is 0.687. The Morgan fingerprint density at radius 2 is 1.70 bits per heavy atom. The molecule has 0 amide bonds. The summed E-state index contributed by atoms with van der Waals surface area (Å²) in [5, 5.41) is 2.41. The van der Waals surface area contributed by atoms with Gasteiger partial charge in [0.2, 0.25) is 0 Å². The van der Waals surface area contributed by atoms with Gasteiger partial charge in [0.05, 0.1) is 5.52 Å². The minimum atomic E-state index is 0.687. The molecule has 0 bridgehead atoms. The van der Waals surface area contributed by atoms with Crippen LogP contribution in [-0.2, 0) is 0 Å². The number of fused-ring (bicyclic) bond motifs is 1. The highest BCUT2D eigenvalue weighted by Crippen LogP contribution is 2.37. The quantitative estimate of drug-likeness (QED) is 0.452. The van der Waals surface area contributed by atoms with E-state index in [1.54, 1.807) is 0 Å². The van der Waals surface area contributed by atoms with Crippen LogP contribution in [0.1, 0.15) is 38.1 Å². The molecule has 0 aliphatic carbocycles. The SMILES string of the molecule is CCCCN(CC)c1nc(C)nc2c(-c3ccc(Cl)cc3C)cc(Cl)cc12. The van der Waals surface area contributed by atoms with Crippen molar-refractivity contribution < 1.29 is 0 Å². The van der Waals surface area contributed by atoms with Crippen molar-refractivity contribution in [2.24, 2.45) is 0 Å². The Hall–Kier alpha value is -1.84. The Balaban J connectivity index is 2.28. The van der Waals surface area contributed by atoms with E-state index in [-0.39, 0.29) is 0 Å². The van der Waals surface area contributed by atoms with E-state index < -0.39 is 0 Å². The van der Waals surface area contributed by atoms with Crippen LogP contribution in [0.25, 0.3) is 22.0 Å². The lowest BCUT2D eigenvalue weighted by atomic mass is 9.98. The summed E-state index contributed by atoms with van der Waals surface area (Å²) < 4.78 is 0. The first-order chi connectivity index (χ1) is 12.9. The maximum absolute atomic E-state index is 6.52. The molecule has 3 nitrogen and oxygen atoms in total. The Bertz CT molecular complexity index is 969. The second-order valence-corrected chi connectivity index (χ2v) is 7.71. The van der Waals surface area contributed by atoms with Gasteiger partial charge in [-0.2, -0.15) is 0 Å². The van der Waals surface area contributed by atoms with Crippen LogP contribution >= 0.6 is 23.2 Å². The maximum atomic E-state index is 6.52. The molecular weight excluding hydrogens is 377 g/mol. The number of hydrogen-bond donors (Lipinski definition) is 0. The van der Waals surface area contributed by atoms with Gasteiger partial charge in [0.1, 0.15) is 11.6 Å². The fourth-order valence-electron chi connectivity index (χ4n) is 3.43. The lowest BCUT2D eigenvalue weighted by molar-refractivity contribution is 0.724. The van der Waals surface area contributed by atoms with Gasteiger partial charge in [-0.15, -0.1) is 0 Å². The molecule has 27 heavy (non-hydrogen) atoms. The standard InChI is InChI=1S/C22H25Cl2N3/c1-5-7-10-27(6-2)22-20-13-17(24)12-19(21(20)25-15(4)26-22)18-9-8-16(23)11-14(18)3/h8-9,11-13H,5-7,10H2,1-4H3. The van der Waals surface area contributed by atoms with E-state index >= 15 is 0 Å². The molecule has 5 heteroatoms. The third kappa shape index (κ3) is 4.20. The molecule has 0 radical (unpaired) electrons. The Kier molecular flexibility index (Phi) is 6.23. The molecule has 0 atom stereocenters. The predicted molar refractivity (Wildman–Crippen MR) is 117 cm³/mol. The molecule has 1 heterocycles. The maximum Gasteiger partial charge on any atom is 0.140 e. The van der Waals surface area contributed by atoms with Crippen molar-refractivity contribution in [2.75, 3.05) is 18.0 Å². The van der Waals surface area contributed by atoms with Crippen LogP contribution in [0.5, 0.6) is 0 Å². The molecule has 0 N–H and O–H groups in total. The minimum Gasteiger partial charge on any atom is -0.356 e. The van der Waals surface area contributed by atoms with Crippen molar-refractivity contribution in [1.29, 1.82) is 0 Å². The summed E-state index contributed by atoms with van der Waals surface area (Å²) >= 11 is 12.7. The van der Waals surface area contributed by atoms with E-state index in [0.29, 0.717) is 5.02 Å². The summed E-state index contributed by atoms with van der Waals surface area (Å²) in [5.41, 5.74) is 4.14. The number of rotatable bonds is 6. The zero-order valence-electron chi connectivity index (χ0n) is 16.3. The first-order valence-corrected chi connectivity index (χ1v) is 10.2. The van der Waals surface area contributed by atoms with Crippen LogP contribution in [-0.4, -0.2) is 23.1 Å². The smallest absolute Gasteiger partial charge is 0.140 e. The molecule has 0 saturated carbocycles. The number of nitrogens with zero attached hydrogens (tertiary/aromatic N) is 3. The highest BCUT2D eigenvalue weighted by atomic mass is 35.5. The number of aryl methyl sites for hydroxylation is 2. The van der Waals surface area contributed by atoms with Crippen molar-refractivity contribution >= 4 is 39.9 Å². The van der Waals surface area contributed by atoms with E-state index in [1.165, 1.54) is 0 Å². The van der Waals surface area contributed by atoms with Gasteiger partial charge in [0, 0.05) is 34.1 Å². The molecule has 0 unspecified atom stereocenters. The van der Waals surface area contributed by atoms with Crippen LogP contribution < -0.4 is 4.90 Å². The number of halogens is 2. The van der Waals surface area contributed by atoms with Gasteiger partial charge in [0.15, 0.2) is 0 Å². The van der Waals surface area contributed by atoms with Gasteiger partial charge < -0.3 is 4.90 Å². The lowest BCUT2D eigenvalue weighted by Crippen LogP contribution is -2.25. The topological polar surface area (TPSA) is 29.0 Å². The fourth-order valence-corrected chi connectivity index (χ4v) is 3.87. The Labute approximate surface area is 171 Å². The van der Waals surface area contributed by atoms with E-state index in [1.807, 2.05) is 37.3 Å². The molecule has 2 aromatic carbocycles. The van der Waals surface area contributed by atoms with Crippen molar-refractivity contribution in [1.82, 2.24) is 9.97 Å². The first kappa shape index (κ1) is 19.9. The second kappa shape index (κ2) is 8.45. The van der Waals surface area contributed by atoms with E-state index in [4.69, 9.17) is 33.2 Å². The van der Waals surface area contributed by atoms with Gasteiger partial charge in [-0.25, -0.2) is 9.97 Å². The monoisotopic (exact) mass is 401 g/mol. The van der Waals surface area contributed by atoms with Crippen molar-refractivity contribution in [3.63, 3.8) is 0 Å². The van der Waals surface area contributed by atoms with E-state index in [2.05, 4.69) is 25.7 Å². The number of benzene rings is 2. The number of unbranched alkanes of at least 4 members (excludes halogenated alkanes) is 1. The molecule has 0 saturated heterocycles. The third-order valence-corrected chi connectivity index (χ3v) is 5.25. The summed E-state index contributed by atoms with van der Waals surface area (Å²) in [4.78, 5) is 11.9. The van der Waals surface area contributed by atoms with Gasteiger partial charge >= 0.3 is 0 Å². The second-order valence-electron chi connectivity index (χ2n) is 6.84. The molecule has 142 valence electrons. The van der Waals surface area contributed by atoms with Gasteiger partial charge in [-0.1, -0.05) is 42.6 Å². The number of aromatic nitrogens is 2. The number of hydrogen-bond acceptors (Lipinski definition) is 3. The molecule has 0 aliphatic heterocycles. The summed E-state index contributed by atoms with van der Waals surface area (Å²) in [6.45, 7) is 10.2.